The average Bonchev–Trinajstić information content (AvgIpc) is 2.47. The van der Waals surface area contributed by atoms with E-state index in [0.717, 1.165) is 24.1 Å². The first-order chi connectivity index (χ1) is 9.57. The van der Waals surface area contributed by atoms with Crippen LogP contribution in [0.2, 0.25) is 0 Å². The summed E-state index contributed by atoms with van der Waals surface area (Å²) in [6, 6.07) is 8.28. The van der Waals surface area contributed by atoms with Gasteiger partial charge in [-0.3, -0.25) is 4.79 Å². The Kier molecular flexibility index (Phi) is 4.81. The van der Waals surface area contributed by atoms with Gasteiger partial charge < -0.3 is 10.6 Å². The quantitative estimate of drug-likeness (QED) is 0.875. The van der Waals surface area contributed by atoms with Gasteiger partial charge in [0.1, 0.15) is 0 Å². The van der Waals surface area contributed by atoms with Crippen LogP contribution in [0.5, 0.6) is 0 Å². The molecule has 20 heavy (non-hydrogen) atoms. The van der Waals surface area contributed by atoms with E-state index < -0.39 is 0 Å². The lowest BCUT2D eigenvalue weighted by Crippen LogP contribution is -2.35. The molecule has 1 aliphatic rings. The Balaban J connectivity index is 2.15. The van der Waals surface area contributed by atoms with Gasteiger partial charge in [0.2, 0.25) is 5.91 Å². The Morgan fingerprint density at radius 2 is 1.85 bits per heavy atom. The van der Waals surface area contributed by atoms with E-state index in [9.17, 15) is 4.79 Å². The number of carbonyl (C=O) groups excluding carboxylic acids is 1. The van der Waals surface area contributed by atoms with Gasteiger partial charge in [-0.05, 0) is 38.4 Å². The Morgan fingerprint density at radius 3 is 2.50 bits per heavy atom. The maximum absolute atomic E-state index is 12.6. The van der Waals surface area contributed by atoms with Crippen molar-refractivity contribution < 1.29 is 4.79 Å². The van der Waals surface area contributed by atoms with E-state index in [1.165, 1.54) is 19.3 Å². The van der Waals surface area contributed by atoms with Gasteiger partial charge in [-0.15, -0.1) is 0 Å². The van der Waals surface area contributed by atoms with Crippen molar-refractivity contribution in [1.82, 2.24) is 5.32 Å². The molecule has 1 fully saturated rings. The van der Waals surface area contributed by atoms with Crippen molar-refractivity contribution in [3.8, 4) is 0 Å². The number of hydrogen-bond donors (Lipinski definition) is 2. The molecule has 0 spiro atoms. The molecule has 1 unspecified atom stereocenters. The predicted octanol–water partition coefficient (Wildman–Crippen LogP) is 3.88. The van der Waals surface area contributed by atoms with Crippen LogP contribution in [0.15, 0.2) is 24.3 Å². The summed E-state index contributed by atoms with van der Waals surface area (Å²) in [6.07, 6.45) is 5.60. The highest BCUT2D eigenvalue weighted by atomic mass is 16.2. The van der Waals surface area contributed by atoms with Crippen molar-refractivity contribution in [3.63, 3.8) is 0 Å². The van der Waals surface area contributed by atoms with Gasteiger partial charge in [0.05, 0.1) is 0 Å². The van der Waals surface area contributed by atoms with E-state index in [4.69, 9.17) is 0 Å². The lowest BCUT2D eigenvalue weighted by Gasteiger charge is -2.32. The highest BCUT2D eigenvalue weighted by Gasteiger charge is 2.34. The van der Waals surface area contributed by atoms with Gasteiger partial charge in [-0.1, -0.05) is 44.4 Å². The number of carbonyl (C=O) groups is 1. The summed E-state index contributed by atoms with van der Waals surface area (Å²) in [4.78, 5) is 12.6. The number of hydrogen-bond acceptors (Lipinski definition) is 2. The summed E-state index contributed by atoms with van der Waals surface area (Å²) in [6.45, 7) is 4.21. The fourth-order valence-electron chi connectivity index (χ4n) is 2.98. The number of anilines is 1. The molecule has 1 aromatic carbocycles. The molecule has 1 amide bonds. The molecule has 3 heteroatoms. The second-order valence-electron chi connectivity index (χ2n) is 6.17. The minimum Gasteiger partial charge on any atom is -0.325 e. The fraction of sp³-hybridized carbons (Fsp3) is 0.588. The Bertz CT molecular complexity index is 464. The fourth-order valence-corrected chi connectivity index (χ4v) is 2.98. The molecule has 1 saturated carbocycles. The molecule has 0 aromatic heterocycles. The average molecular weight is 274 g/mol. The van der Waals surface area contributed by atoms with Crippen molar-refractivity contribution in [2.45, 2.75) is 52.0 Å². The standard InChI is InChI=1S/C17H26N2O/c1-13(18-3)14-9-5-6-10-15(14)19-16(20)17(2)11-7-4-8-12-17/h5-6,9-10,13,18H,4,7-8,11-12H2,1-3H3,(H,19,20). The van der Waals surface area contributed by atoms with Crippen molar-refractivity contribution >= 4 is 11.6 Å². The number of amides is 1. The second-order valence-corrected chi connectivity index (χ2v) is 6.17. The molecule has 3 nitrogen and oxygen atoms in total. The van der Waals surface area contributed by atoms with Crippen LogP contribution >= 0.6 is 0 Å². The maximum Gasteiger partial charge on any atom is 0.230 e. The molecular formula is C17H26N2O. The van der Waals surface area contributed by atoms with Gasteiger partial charge in [-0.25, -0.2) is 0 Å². The van der Waals surface area contributed by atoms with Gasteiger partial charge in [-0.2, -0.15) is 0 Å². The van der Waals surface area contributed by atoms with Crippen LogP contribution in [-0.4, -0.2) is 13.0 Å². The van der Waals surface area contributed by atoms with E-state index in [-0.39, 0.29) is 17.4 Å². The van der Waals surface area contributed by atoms with E-state index in [1.807, 2.05) is 25.2 Å². The normalized spacial score (nSPS) is 19.4. The van der Waals surface area contributed by atoms with Crippen LogP contribution in [0.3, 0.4) is 0 Å². The SMILES string of the molecule is CNC(C)c1ccccc1NC(=O)C1(C)CCCCC1. The highest BCUT2D eigenvalue weighted by Crippen LogP contribution is 2.37. The molecule has 0 saturated heterocycles. The third kappa shape index (κ3) is 3.21. The first-order valence-corrected chi connectivity index (χ1v) is 7.64. The summed E-state index contributed by atoms with van der Waals surface area (Å²) in [7, 11) is 1.94. The molecule has 1 aliphatic carbocycles. The predicted molar refractivity (Wildman–Crippen MR) is 83.7 cm³/mol. The van der Waals surface area contributed by atoms with Crippen LogP contribution in [0.1, 0.15) is 57.6 Å². The Morgan fingerprint density at radius 1 is 1.20 bits per heavy atom. The summed E-state index contributed by atoms with van der Waals surface area (Å²) in [5.74, 6) is 0.174. The van der Waals surface area contributed by atoms with Crippen molar-refractivity contribution in [1.29, 1.82) is 0 Å². The summed E-state index contributed by atoms with van der Waals surface area (Å²) in [5, 5.41) is 6.39. The maximum atomic E-state index is 12.6. The molecule has 2 rings (SSSR count). The Hall–Kier alpha value is -1.35. The minimum absolute atomic E-state index is 0.174. The van der Waals surface area contributed by atoms with Crippen LogP contribution in [0.4, 0.5) is 5.69 Å². The van der Waals surface area contributed by atoms with Gasteiger partial charge in [0, 0.05) is 17.1 Å². The van der Waals surface area contributed by atoms with E-state index in [2.05, 4.69) is 30.5 Å². The molecule has 0 bridgehead atoms. The van der Waals surface area contributed by atoms with Crippen LogP contribution in [0.25, 0.3) is 0 Å². The van der Waals surface area contributed by atoms with Gasteiger partial charge in [0.15, 0.2) is 0 Å². The number of benzene rings is 1. The van der Waals surface area contributed by atoms with E-state index >= 15 is 0 Å². The van der Waals surface area contributed by atoms with E-state index in [0.29, 0.717) is 0 Å². The number of nitrogens with one attached hydrogen (secondary N) is 2. The van der Waals surface area contributed by atoms with Crippen LogP contribution in [0, 0.1) is 5.41 Å². The van der Waals surface area contributed by atoms with Gasteiger partial charge >= 0.3 is 0 Å². The zero-order valence-electron chi connectivity index (χ0n) is 12.8. The lowest BCUT2D eigenvalue weighted by atomic mass is 9.75. The molecule has 110 valence electrons. The zero-order chi connectivity index (χ0) is 14.6. The lowest BCUT2D eigenvalue weighted by molar-refractivity contribution is -0.126. The molecule has 2 N–H and O–H groups in total. The molecule has 0 radical (unpaired) electrons. The first kappa shape index (κ1) is 15.0. The Labute approximate surface area is 122 Å². The van der Waals surface area contributed by atoms with Crippen LogP contribution in [-0.2, 0) is 4.79 Å². The molecular weight excluding hydrogens is 248 g/mol. The first-order valence-electron chi connectivity index (χ1n) is 7.64. The molecule has 1 atom stereocenters. The smallest absolute Gasteiger partial charge is 0.230 e. The third-order valence-electron chi connectivity index (χ3n) is 4.61. The summed E-state index contributed by atoms with van der Waals surface area (Å²) >= 11 is 0. The van der Waals surface area contributed by atoms with Crippen molar-refractivity contribution in [2.24, 2.45) is 5.41 Å². The highest BCUT2D eigenvalue weighted by molar-refractivity contribution is 5.95. The molecule has 0 heterocycles. The van der Waals surface area contributed by atoms with E-state index in [1.54, 1.807) is 0 Å². The van der Waals surface area contributed by atoms with Crippen molar-refractivity contribution in [2.75, 3.05) is 12.4 Å². The summed E-state index contributed by atoms with van der Waals surface area (Å²) < 4.78 is 0. The number of para-hydroxylation sites is 1. The monoisotopic (exact) mass is 274 g/mol. The minimum atomic E-state index is -0.200. The second kappa shape index (κ2) is 6.40. The molecule has 0 aliphatic heterocycles. The molecule has 1 aromatic rings. The third-order valence-corrected chi connectivity index (χ3v) is 4.61. The number of rotatable bonds is 4. The van der Waals surface area contributed by atoms with Crippen LogP contribution < -0.4 is 10.6 Å². The zero-order valence-corrected chi connectivity index (χ0v) is 12.8. The summed E-state index contributed by atoms with van der Waals surface area (Å²) in [5.41, 5.74) is 1.88. The van der Waals surface area contributed by atoms with Gasteiger partial charge in [0.25, 0.3) is 0 Å². The largest absolute Gasteiger partial charge is 0.325 e. The van der Waals surface area contributed by atoms with Crippen molar-refractivity contribution in [3.05, 3.63) is 29.8 Å². The topological polar surface area (TPSA) is 41.1 Å².